The predicted octanol–water partition coefficient (Wildman–Crippen LogP) is 1.29. The molecule has 0 amide bonds. The molecule has 1 aromatic heterocycles. The van der Waals surface area contributed by atoms with Crippen molar-refractivity contribution in [3.05, 3.63) is 52.3 Å². The van der Waals surface area contributed by atoms with Crippen LogP contribution < -0.4 is 11.1 Å². The van der Waals surface area contributed by atoms with E-state index >= 15 is 0 Å². The number of hydrogen-bond donors (Lipinski definition) is 3. The summed E-state index contributed by atoms with van der Waals surface area (Å²) in [4.78, 5) is 13.2. The SMILES string of the molecule is Cc1ccc(NCC(O)Cc2c[nH]c(=O)o2)cc1. The molecule has 0 aliphatic rings. The van der Waals surface area contributed by atoms with Crippen LogP contribution in [0, 0.1) is 6.92 Å². The van der Waals surface area contributed by atoms with Gasteiger partial charge in [-0.3, -0.25) is 4.98 Å². The molecule has 1 aromatic carbocycles. The third-order valence-corrected chi connectivity index (χ3v) is 2.60. The maximum Gasteiger partial charge on any atom is 0.416 e. The second kappa shape index (κ2) is 5.55. The van der Waals surface area contributed by atoms with E-state index in [0.717, 1.165) is 5.69 Å². The number of aliphatic hydroxyl groups is 1. The lowest BCUT2D eigenvalue weighted by molar-refractivity contribution is 0.179. The number of aliphatic hydroxyl groups excluding tert-OH is 1. The topological polar surface area (TPSA) is 78.3 Å². The van der Waals surface area contributed by atoms with Crippen molar-refractivity contribution >= 4 is 5.69 Å². The second-order valence-corrected chi connectivity index (χ2v) is 4.25. The minimum Gasteiger partial charge on any atom is -0.413 e. The van der Waals surface area contributed by atoms with Crippen molar-refractivity contribution in [1.29, 1.82) is 0 Å². The van der Waals surface area contributed by atoms with E-state index in [-0.39, 0.29) is 0 Å². The number of aryl methyl sites for hydroxylation is 1. The summed E-state index contributed by atoms with van der Waals surface area (Å²) in [5.41, 5.74) is 2.14. The molecule has 18 heavy (non-hydrogen) atoms. The number of benzene rings is 1. The van der Waals surface area contributed by atoms with E-state index in [1.807, 2.05) is 31.2 Å². The van der Waals surface area contributed by atoms with Gasteiger partial charge in [0.15, 0.2) is 0 Å². The highest BCUT2D eigenvalue weighted by Crippen LogP contribution is 2.09. The van der Waals surface area contributed by atoms with Gasteiger partial charge in [-0.25, -0.2) is 4.79 Å². The second-order valence-electron chi connectivity index (χ2n) is 4.25. The molecule has 0 spiro atoms. The van der Waals surface area contributed by atoms with Gasteiger partial charge in [-0.1, -0.05) is 17.7 Å². The Kier molecular flexibility index (Phi) is 3.84. The Morgan fingerprint density at radius 2 is 2.11 bits per heavy atom. The summed E-state index contributed by atoms with van der Waals surface area (Å²) in [6, 6.07) is 7.91. The summed E-state index contributed by atoms with van der Waals surface area (Å²) in [6.07, 6.45) is 1.17. The van der Waals surface area contributed by atoms with E-state index in [9.17, 15) is 9.90 Å². The number of anilines is 1. The molecular weight excluding hydrogens is 232 g/mol. The average molecular weight is 248 g/mol. The number of aromatic nitrogens is 1. The number of H-pyrrole nitrogens is 1. The van der Waals surface area contributed by atoms with Crippen molar-refractivity contribution in [3.8, 4) is 0 Å². The smallest absolute Gasteiger partial charge is 0.413 e. The van der Waals surface area contributed by atoms with Crippen LogP contribution >= 0.6 is 0 Å². The van der Waals surface area contributed by atoms with E-state index in [4.69, 9.17) is 4.42 Å². The number of nitrogens with one attached hydrogen (secondary N) is 2. The van der Waals surface area contributed by atoms with Gasteiger partial charge in [0.25, 0.3) is 0 Å². The normalized spacial score (nSPS) is 12.3. The molecule has 2 aromatic rings. The molecule has 2 rings (SSSR count). The molecule has 0 fully saturated rings. The quantitative estimate of drug-likeness (QED) is 0.745. The first kappa shape index (κ1) is 12.4. The molecule has 1 atom stereocenters. The third kappa shape index (κ3) is 3.49. The van der Waals surface area contributed by atoms with Crippen LogP contribution in [0.4, 0.5) is 5.69 Å². The minimum atomic E-state index is -0.606. The van der Waals surface area contributed by atoms with Crippen LogP contribution in [-0.2, 0) is 6.42 Å². The van der Waals surface area contributed by atoms with Crippen LogP contribution in [0.5, 0.6) is 0 Å². The summed E-state index contributed by atoms with van der Waals surface area (Å²) in [7, 11) is 0. The number of hydrogen-bond acceptors (Lipinski definition) is 4. The van der Waals surface area contributed by atoms with E-state index in [0.29, 0.717) is 18.7 Å². The fraction of sp³-hybridized carbons (Fsp3) is 0.308. The maximum atomic E-state index is 10.8. The molecule has 0 radical (unpaired) electrons. The van der Waals surface area contributed by atoms with Gasteiger partial charge in [-0.05, 0) is 19.1 Å². The standard InChI is InChI=1S/C13H16N2O3/c1-9-2-4-10(5-3-9)14-7-11(16)6-12-8-15-13(17)18-12/h2-5,8,11,14,16H,6-7H2,1H3,(H,15,17). The van der Waals surface area contributed by atoms with E-state index in [2.05, 4.69) is 10.3 Å². The molecule has 3 N–H and O–H groups in total. The fourth-order valence-corrected chi connectivity index (χ4v) is 1.63. The first-order valence-electron chi connectivity index (χ1n) is 5.79. The molecule has 0 saturated carbocycles. The number of rotatable bonds is 5. The van der Waals surface area contributed by atoms with Crippen LogP contribution in [0.2, 0.25) is 0 Å². The van der Waals surface area contributed by atoms with Gasteiger partial charge in [0.2, 0.25) is 0 Å². The van der Waals surface area contributed by atoms with Crippen molar-refractivity contribution in [2.75, 3.05) is 11.9 Å². The summed E-state index contributed by atoms with van der Waals surface area (Å²) in [6.45, 7) is 2.42. The Labute approximate surface area is 104 Å². The van der Waals surface area contributed by atoms with Crippen molar-refractivity contribution in [2.24, 2.45) is 0 Å². The third-order valence-electron chi connectivity index (χ3n) is 2.60. The highest BCUT2D eigenvalue weighted by molar-refractivity contribution is 5.44. The van der Waals surface area contributed by atoms with Crippen molar-refractivity contribution in [3.63, 3.8) is 0 Å². The van der Waals surface area contributed by atoms with Gasteiger partial charge in [0, 0.05) is 24.8 Å². The lowest BCUT2D eigenvalue weighted by atomic mass is 10.2. The number of oxazole rings is 1. The Bertz CT molecular complexity index is 542. The molecule has 1 heterocycles. The fourth-order valence-electron chi connectivity index (χ4n) is 1.63. The first-order valence-corrected chi connectivity index (χ1v) is 5.79. The maximum absolute atomic E-state index is 10.8. The van der Waals surface area contributed by atoms with Gasteiger partial charge < -0.3 is 14.8 Å². The minimum absolute atomic E-state index is 0.303. The van der Waals surface area contributed by atoms with Crippen molar-refractivity contribution in [2.45, 2.75) is 19.4 Å². The highest BCUT2D eigenvalue weighted by Gasteiger charge is 2.08. The lowest BCUT2D eigenvalue weighted by Gasteiger charge is -2.11. The zero-order valence-corrected chi connectivity index (χ0v) is 10.1. The van der Waals surface area contributed by atoms with E-state index < -0.39 is 11.9 Å². The Balaban J connectivity index is 1.83. The molecule has 96 valence electrons. The first-order chi connectivity index (χ1) is 8.63. The summed E-state index contributed by atoms with van der Waals surface area (Å²) in [5.74, 6) is -0.0399. The molecule has 0 aliphatic heterocycles. The molecule has 0 saturated heterocycles. The molecule has 0 aliphatic carbocycles. The Morgan fingerprint density at radius 1 is 1.39 bits per heavy atom. The Hall–Kier alpha value is -2.01. The van der Waals surface area contributed by atoms with E-state index in [1.165, 1.54) is 11.8 Å². The van der Waals surface area contributed by atoms with Gasteiger partial charge in [-0.15, -0.1) is 0 Å². The van der Waals surface area contributed by atoms with Crippen LogP contribution in [0.1, 0.15) is 11.3 Å². The van der Waals surface area contributed by atoms with Crippen LogP contribution in [0.3, 0.4) is 0 Å². The van der Waals surface area contributed by atoms with Crippen molar-refractivity contribution in [1.82, 2.24) is 4.98 Å². The van der Waals surface area contributed by atoms with E-state index in [1.54, 1.807) is 0 Å². The monoisotopic (exact) mass is 248 g/mol. The molecule has 5 heteroatoms. The zero-order chi connectivity index (χ0) is 13.0. The molecular formula is C13H16N2O3. The summed E-state index contributed by atoms with van der Waals surface area (Å²) >= 11 is 0. The molecule has 1 unspecified atom stereocenters. The van der Waals surface area contributed by atoms with Crippen LogP contribution in [0.15, 0.2) is 39.7 Å². The average Bonchev–Trinajstić information content (AvgIpc) is 2.74. The van der Waals surface area contributed by atoms with Crippen LogP contribution in [0.25, 0.3) is 0 Å². The van der Waals surface area contributed by atoms with Gasteiger partial charge in [-0.2, -0.15) is 0 Å². The van der Waals surface area contributed by atoms with Crippen molar-refractivity contribution < 1.29 is 9.52 Å². The Morgan fingerprint density at radius 3 is 2.72 bits per heavy atom. The zero-order valence-electron chi connectivity index (χ0n) is 10.1. The largest absolute Gasteiger partial charge is 0.416 e. The highest BCUT2D eigenvalue weighted by atomic mass is 16.4. The lowest BCUT2D eigenvalue weighted by Crippen LogP contribution is -2.21. The molecule has 0 bridgehead atoms. The predicted molar refractivity (Wildman–Crippen MR) is 68.7 cm³/mol. The van der Waals surface area contributed by atoms with Gasteiger partial charge in [0.05, 0.1) is 6.10 Å². The van der Waals surface area contributed by atoms with Gasteiger partial charge in [0.1, 0.15) is 5.76 Å². The summed E-state index contributed by atoms with van der Waals surface area (Å²) < 4.78 is 4.82. The summed E-state index contributed by atoms with van der Waals surface area (Å²) in [5, 5.41) is 12.9. The van der Waals surface area contributed by atoms with Crippen LogP contribution in [-0.4, -0.2) is 22.7 Å². The molecule has 5 nitrogen and oxygen atoms in total. The van der Waals surface area contributed by atoms with Gasteiger partial charge >= 0.3 is 5.76 Å². The number of aromatic amines is 1.